The third-order valence-electron chi connectivity index (χ3n) is 4.55. The van der Waals surface area contributed by atoms with Gasteiger partial charge >= 0.3 is 17.8 Å². The Kier molecular flexibility index (Phi) is 7.63. The van der Waals surface area contributed by atoms with Crippen LogP contribution in [0.1, 0.15) is 45.1 Å². The van der Waals surface area contributed by atoms with E-state index in [0.717, 1.165) is 19.3 Å². The number of unbranched alkanes of at least 4 members (excludes halogenated alkanes) is 1. The molecule has 0 radical (unpaired) electrons. The fourth-order valence-electron chi connectivity index (χ4n) is 3.08. The molecule has 0 aromatic heterocycles. The number of anilines is 1. The second-order valence-corrected chi connectivity index (χ2v) is 6.60. The highest BCUT2D eigenvalue weighted by Gasteiger charge is 2.31. The predicted octanol–water partition coefficient (Wildman–Crippen LogP) is 2.77. The highest BCUT2D eigenvalue weighted by Crippen LogP contribution is 2.19. The van der Waals surface area contributed by atoms with Crippen molar-refractivity contribution in [2.24, 2.45) is 5.92 Å². The molecule has 2 amide bonds. The molecule has 1 unspecified atom stereocenters. The van der Waals surface area contributed by atoms with E-state index in [4.69, 9.17) is 4.74 Å². The van der Waals surface area contributed by atoms with Gasteiger partial charge in [0.25, 0.3) is 0 Å². The largest absolute Gasteiger partial charge is 0.466 e. The van der Waals surface area contributed by atoms with Gasteiger partial charge < -0.3 is 15.0 Å². The molecular formula is C20H28N2O4. The molecule has 1 aromatic rings. The number of carbonyl (C=O) groups is 3. The lowest BCUT2D eigenvalue weighted by Gasteiger charge is -2.30. The van der Waals surface area contributed by atoms with E-state index in [2.05, 4.69) is 12.2 Å². The van der Waals surface area contributed by atoms with Crippen LogP contribution in [0.2, 0.25) is 0 Å². The topological polar surface area (TPSA) is 75.7 Å². The summed E-state index contributed by atoms with van der Waals surface area (Å²) < 4.78 is 5.03. The van der Waals surface area contributed by atoms with Gasteiger partial charge in [-0.1, -0.05) is 25.5 Å². The third-order valence-corrected chi connectivity index (χ3v) is 4.55. The van der Waals surface area contributed by atoms with Crippen LogP contribution >= 0.6 is 0 Å². The fraction of sp³-hybridized carbons (Fsp3) is 0.550. The first-order chi connectivity index (χ1) is 12.5. The SMILES string of the molecule is CCCCc1ccc(NC(=O)C(=O)N2CCCC(C(=O)OCC)C2)cc1. The van der Waals surface area contributed by atoms with Gasteiger partial charge in [-0.15, -0.1) is 0 Å². The van der Waals surface area contributed by atoms with Gasteiger partial charge in [0.15, 0.2) is 0 Å². The summed E-state index contributed by atoms with van der Waals surface area (Å²) in [6.07, 6.45) is 4.64. The van der Waals surface area contributed by atoms with Crippen molar-refractivity contribution < 1.29 is 19.1 Å². The lowest BCUT2D eigenvalue weighted by Crippen LogP contribution is -2.47. The molecule has 1 aliphatic heterocycles. The molecule has 0 bridgehead atoms. The number of amides is 2. The molecule has 0 aliphatic carbocycles. The maximum atomic E-state index is 12.4. The van der Waals surface area contributed by atoms with Crippen LogP contribution in [0, 0.1) is 5.92 Å². The Morgan fingerprint density at radius 3 is 2.58 bits per heavy atom. The summed E-state index contributed by atoms with van der Waals surface area (Å²) in [6, 6.07) is 7.56. The van der Waals surface area contributed by atoms with E-state index in [1.807, 2.05) is 24.3 Å². The van der Waals surface area contributed by atoms with E-state index in [1.165, 1.54) is 10.5 Å². The van der Waals surface area contributed by atoms with E-state index in [9.17, 15) is 14.4 Å². The lowest BCUT2D eigenvalue weighted by atomic mass is 9.98. The Labute approximate surface area is 154 Å². The second kappa shape index (κ2) is 9.94. The van der Waals surface area contributed by atoms with Crippen LogP contribution in [-0.4, -0.2) is 42.4 Å². The van der Waals surface area contributed by atoms with Crippen molar-refractivity contribution in [3.63, 3.8) is 0 Å². The Morgan fingerprint density at radius 2 is 1.92 bits per heavy atom. The standard InChI is InChI=1S/C20H28N2O4/c1-3-5-7-15-9-11-17(12-10-15)21-18(23)19(24)22-13-6-8-16(14-22)20(25)26-4-2/h9-12,16H,3-8,13-14H2,1-2H3,(H,21,23). The molecule has 142 valence electrons. The number of carbonyl (C=O) groups excluding carboxylic acids is 3. The lowest BCUT2D eigenvalue weighted by molar-refractivity contribution is -0.153. The van der Waals surface area contributed by atoms with E-state index in [1.54, 1.807) is 6.92 Å². The molecule has 1 saturated heterocycles. The molecule has 1 heterocycles. The van der Waals surface area contributed by atoms with Gasteiger partial charge in [0.2, 0.25) is 0 Å². The van der Waals surface area contributed by atoms with Crippen LogP contribution in [0.25, 0.3) is 0 Å². The highest BCUT2D eigenvalue weighted by atomic mass is 16.5. The third kappa shape index (κ3) is 5.58. The van der Waals surface area contributed by atoms with Crippen molar-refractivity contribution in [3.8, 4) is 0 Å². The molecule has 6 heteroatoms. The van der Waals surface area contributed by atoms with Crippen molar-refractivity contribution in [2.75, 3.05) is 25.0 Å². The number of hydrogen-bond donors (Lipinski definition) is 1. The first kappa shape index (κ1) is 19.9. The van der Waals surface area contributed by atoms with Gasteiger partial charge in [-0.05, 0) is 50.3 Å². The van der Waals surface area contributed by atoms with Gasteiger partial charge in [0, 0.05) is 18.8 Å². The second-order valence-electron chi connectivity index (χ2n) is 6.60. The number of nitrogens with one attached hydrogen (secondary N) is 1. The summed E-state index contributed by atoms with van der Waals surface area (Å²) in [5, 5.41) is 2.65. The van der Waals surface area contributed by atoms with Crippen molar-refractivity contribution in [2.45, 2.75) is 46.0 Å². The van der Waals surface area contributed by atoms with E-state index < -0.39 is 11.8 Å². The number of nitrogens with zero attached hydrogens (tertiary/aromatic N) is 1. The van der Waals surface area contributed by atoms with Crippen LogP contribution < -0.4 is 5.32 Å². The van der Waals surface area contributed by atoms with Gasteiger partial charge in [-0.25, -0.2) is 0 Å². The molecule has 1 aromatic carbocycles. The molecule has 1 fully saturated rings. The van der Waals surface area contributed by atoms with Crippen molar-refractivity contribution in [1.29, 1.82) is 0 Å². The molecule has 2 rings (SSSR count). The van der Waals surface area contributed by atoms with Gasteiger partial charge in [-0.3, -0.25) is 14.4 Å². The summed E-state index contributed by atoms with van der Waals surface area (Å²) in [5.41, 5.74) is 1.81. The maximum Gasteiger partial charge on any atom is 0.313 e. The van der Waals surface area contributed by atoms with Crippen molar-refractivity contribution in [3.05, 3.63) is 29.8 Å². The van der Waals surface area contributed by atoms with E-state index >= 15 is 0 Å². The minimum absolute atomic E-state index is 0.237. The van der Waals surface area contributed by atoms with Crippen LogP contribution in [0.15, 0.2) is 24.3 Å². The molecule has 1 N–H and O–H groups in total. The van der Waals surface area contributed by atoms with Crippen LogP contribution in [0.3, 0.4) is 0 Å². The summed E-state index contributed by atoms with van der Waals surface area (Å²) in [4.78, 5) is 38.0. The molecular weight excluding hydrogens is 332 g/mol. The van der Waals surface area contributed by atoms with Crippen LogP contribution in [-0.2, 0) is 25.5 Å². The molecule has 1 aliphatic rings. The summed E-state index contributed by atoms with van der Waals surface area (Å²) in [5.74, 6) is -1.92. The van der Waals surface area contributed by atoms with E-state index in [0.29, 0.717) is 31.7 Å². The summed E-state index contributed by atoms with van der Waals surface area (Å²) in [7, 11) is 0. The number of piperidine rings is 1. The number of aryl methyl sites for hydroxylation is 1. The average molecular weight is 360 g/mol. The smallest absolute Gasteiger partial charge is 0.313 e. The maximum absolute atomic E-state index is 12.4. The highest BCUT2D eigenvalue weighted by molar-refractivity contribution is 6.39. The zero-order valence-corrected chi connectivity index (χ0v) is 15.6. The quantitative estimate of drug-likeness (QED) is 0.625. The van der Waals surface area contributed by atoms with Crippen LogP contribution in [0.4, 0.5) is 5.69 Å². The Morgan fingerprint density at radius 1 is 1.19 bits per heavy atom. The Bertz CT molecular complexity index is 627. The predicted molar refractivity (Wildman–Crippen MR) is 99.6 cm³/mol. The Balaban J connectivity index is 1.90. The molecule has 0 spiro atoms. The summed E-state index contributed by atoms with van der Waals surface area (Å²) >= 11 is 0. The summed E-state index contributed by atoms with van der Waals surface area (Å²) in [6.45, 7) is 4.94. The molecule has 26 heavy (non-hydrogen) atoms. The number of ether oxygens (including phenoxy) is 1. The van der Waals surface area contributed by atoms with Gasteiger partial charge in [0.1, 0.15) is 0 Å². The minimum atomic E-state index is -0.671. The number of rotatable bonds is 6. The monoisotopic (exact) mass is 360 g/mol. The average Bonchev–Trinajstić information content (AvgIpc) is 2.67. The first-order valence-corrected chi connectivity index (χ1v) is 9.41. The zero-order chi connectivity index (χ0) is 18.9. The number of hydrogen-bond acceptors (Lipinski definition) is 4. The van der Waals surface area contributed by atoms with Gasteiger partial charge in [-0.2, -0.15) is 0 Å². The Hall–Kier alpha value is -2.37. The number of likely N-dealkylation sites (tertiary alicyclic amines) is 1. The first-order valence-electron chi connectivity index (χ1n) is 9.41. The minimum Gasteiger partial charge on any atom is -0.466 e. The molecule has 0 saturated carbocycles. The molecule has 6 nitrogen and oxygen atoms in total. The number of esters is 1. The normalized spacial score (nSPS) is 16.8. The zero-order valence-electron chi connectivity index (χ0n) is 15.6. The fourth-order valence-corrected chi connectivity index (χ4v) is 3.08. The van der Waals surface area contributed by atoms with E-state index in [-0.39, 0.29) is 18.4 Å². The van der Waals surface area contributed by atoms with Crippen molar-refractivity contribution >= 4 is 23.5 Å². The van der Waals surface area contributed by atoms with Crippen molar-refractivity contribution in [1.82, 2.24) is 4.90 Å². The number of benzene rings is 1. The van der Waals surface area contributed by atoms with Gasteiger partial charge in [0.05, 0.1) is 12.5 Å². The van der Waals surface area contributed by atoms with Crippen LogP contribution in [0.5, 0.6) is 0 Å². The molecule has 1 atom stereocenters.